The van der Waals surface area contributed by atoms with E-state index < -0.39 is 4.92 Å². The average molecular weight is 336 g/mol. The van der Waals surface area contributed by atoms with Gasteiger partial charge in [-0.3, -0.25) is 15.5 Å². The Morgan fingerprint density at radius 3 is 2.60 bits per heavy atom. The van der Waals surface area contributed by atoms with E-state index in [9.17, 15) is 15.2 Å². The van der Waals surface area contributed by atoms with Crippen molar-refractivity contribution < 1.29 is 10.0 Å². The van der Waals surface area contributed by atoms with Crippen LogP contribution in [0.5, 0.6) is 5.75 Å². The molecule has 102 valence electrons. The number of nitro benzene ring substituents is 1. The first-order valence-electron chi connectivity index (χ1n) is 5.59. The molecule has 6 nitrogen and oxygen atoms in total. The number of rotatable bonds is 4. The number of phenolic OH excluding ortho intramolecular Hbond substituents is 1. The van der Waals surface area contributed by atoms with Gasteiger partial charge >= 0.3 is 0 Å². The van der Waals surface area contributed by atoms with Gasteiger partial charge in [-0.25, -0.2) is 0 Å². The molecule has 0 saturated heterocycles. The van der Waals surface area contributed by atoms with E-state index in [0.29, 0.717) is 15.7 Å². The number of hydrogen-bond acceptors (Lipinski definition) is 5. The fourth-order valence-electron chi connectivity index (χ4n) is 1.47. The van der Waals surface area contributed by atoms with Crippen LogP contribution in [0.25, 0.3) is 0 Å². The molecule has 0 amide bonds. The van der Waals surface area contributed by atoms with Gasteiger partial charge in [0.25, 0.3) is 5.69 Å². The molecule has 0 aliphatic rings. The number of benzene rings is 2. The minimum Gasteiger partial charge on any atom is -0.506 e. The SMILES string of the molecule is O=[N+]([O-])c1ccc(N/N=C/c2cccc(Br)c2O)cc1. The van der Waals surface area contributed by atoms with Gasteiger partial charge in [0, 0.05) is 17.7 Å². The molecule has 20 heavy (non-hydrogen) atoms. The molecular weight excluding hydrogens is 326 g/mol. The quantitative estimate of drug-likeness (QED) is 0.508. The monoisotopic (exact) mass is 335 g/mol. The molecule has 0 aromatic heterocycles. The van der Waals surface area contributed by atoms with E-state index in [0.717, 1.165) is 0 Å². The summed E-state index contributed by atoms with van der Waals surface area (Å²) in [5.74, 6) is 0.0988. The molecule has 0 radical (unpaired) electrons. The van der Waals surface area contributed by atoms with Crippen molar-refractivity contribution in [3.8, 4) is 5.75 Å². The van der Waals surface area contributed by atoms with Crippen molar-refractivity contribution in [2.75, 3.05) is 5.43 Å². The lowest BCUT2D eigenvalue weighted by atomic mass is 10.2. The lowest BCUT2D eigenvalue weighted by Gasteiger charge is -2.02. The normalized spacial score (nSPS) is 10.7. The maximum atomic E-state index is 10.5. The van der Waals surface area contributed by atoms with Crippen LogP contribution in [0.15, 0.2) is 52.0 Å². The number of nitro groups is 1. The van der Waals surface area contributed by atoms with Crippen molar-refractivity contribution in [1.82, 2.24) is 0 Å². The van der Waals surface area contributed by atoms with Crippen LogP contribution in [-0.2, 0) is 0 Å². The Labute approximate surface area is 123 Å². The van der Waals surface area contributed by atoms with Crippen LogP contribution in [0.4, 0.5) is 11.4 Å². The van der Waals surface area contributed by atoms with E-state index in [4.69, 9.17) is 0 Å². The summed E-state index contributed by atoms with van der Waals surface area (Å²) in [7, 11) is 0. The molecule has 0 heterocycles. The van der Waals surface area contributed by atoms with E-state index >= 15 is 0 Å². The molecule has 0 bridgehead atoms. The maximum absolute atomic E-state index is 10.5. The first kappa shape index (κ1) is 14.0. The number of halogens is 1. The highest BCUT2D eigenvalue weighted by atomic mass is 79.9. The third kappa shape index (κ3) is 3.33. The van der Waals surface area contributed by atoms with E-state index in [1.807, 2.05) is 0 Å². The Kier molecular flexibility index (Phi) is 4.31. The van der Waals surface area contributed by atoms with Crippen molar-refractivity contribution in [3.63, 3.8) is 0 Å². The molecule has 0 saturated carbocycles. The van der Waals surface area contributed by atoms with Crippen LogP contribution in [0.3, 0.4) is 0 Å². The predicted molar refractivity (Wildman–Crippen MR) is 80.1 cm³/mol. The highest BCUT2D eigenvalue weighted by Crippen LogP contribution is 2.26. The summed E-state index contributed by atoms with van der Waals surface area (Å²) < 4.78 is 0.580. The van der Waals surface area contributed by atoms with Gasteiger partial charge in [-0.05, 0) is 40.2 Å². The molecule has 2 aromatic carbocycles. The lowest BCUT2D eigenvalue weighted by Crippen LogP contribution is -1.92. The predicted octanol–water partition coefficient (Wildman–Crippen LogP) is 3.51. The number of anilines is 1. The summed E-state index contributed by atoms with van der Waals surface area (Å²) in [4.78, 5) is 10.0. The molecule has 2 rings (SSSR count). The van der Waals surface area contributed by atoms with Crippen LogP contribution in [0.1, 0.15) is 5.56 Å². The average Bonchev–Trinajstić information content (AvgIpc) is 2.44. The summed E-state index contributed by atoms with van der Waals surface area (Å²) in [5, 5.41) is 24.2. The van der Waals surface area contributed by atoms with E-state index in [2.05, 4.69) is 26.5 Å². The molecule has 0 unspecified atom stereocenters. The summed E-state index contributed by atoms with van der Waals surface area (Å²) in [6, 6.07) is 11.1. The smallest absolute Gasteiger partial charge is 0.269 e. The number of aromatic hydroxyl groups is 1. The van der Waals surface area contributed by atoms with Gasteiger partial charge in [-0.2, -0.15) is 5.10 Å². The minimum absolute atomic E-state index is 0.0177. The number of non-ortho nitro benzene ring substituents is 1. The second-order valence-electron chi connectivity index (χ2n) is 3.85. The van der Waals surface area contributed by atoms with Crippen molar-refractivity contribution in [2.24, 2.45) is 5.10 Å². The summed E-state index contributed by atoms with van der Waals surface area (Å²) in [5.41, 5.74) is 3.91. The van der Waals surface area contributed by atoms with E-state index in [1.165, 1.54) is 18.3 Å². The molecule has 2 N–H and O–H groups in total. The van der Waals surface area contributed by atoms with Crippen molar-refractivity contribution >= 4 is 33.5 Å². The van der Waals surface area contributed by atoms with Gasteiger partial charge in [-0.1, -0.05) is 6.07 Å². The Balaban J connectivity index is 2.06. The van der Waals surface area contributed by atoms with Crippen molar-refractivity contribution in [1.29, 1.82) is 0 Å². The van der Waals surface area contributed by atoms with Crippen LogP contribution in [-0.4, -0.2) is 16.2 Å². The second kappa shape index (κ2) is 6.16. The minimum atomic E-state index is -0.466. The Morgan fingerprint density at radius 2 is 1.95 bits per heavy atom. The number of nitrogens with one attached hydrogen (secondary N) is 1. The lowest BCUT2D eigenvalue weighted by molar-refractivity contribution is -0.384. The number of hydrazone groups is 1. The largest absolute Gasteiger partial charge is 0.506 e. The third-order valence-corrected chi connectivity index (χ3v) is 3.13. The molecule has 7 heteroatoms. The Bertz CT molecular complexity index is 656. The Morgan fingerprint density at radius 1 is 1.25 bits per heavy atom. The topological polar surface area (TPSA) is 87.8 Å². The van der Waals surface area contributed by atoms with Crippen LogP contribution >= 0.6 is 15.9 Å². The number of para-hydroxylation sites is 1. The van der Waals surface area contributed by atoms with Gasteiger partial charge in [0.1, 0.15) is 5.75 Å². The zero-order valence-electron chi connectivity index (χ0n) is 10.2. The highest BCUT2D eigenvalue weighted by molar-refractivity contribution is 9.10. The summed E-state index contributed by atoms with van der Waals surface area (Å²) >= 11 is 3.21. The van der Waals surface area contributed by atoms with Crippen LogP contribution in [0.2, 0.25) is 0 Å². The Hall–Kier alpha value is -2.41. The van der Waals surface area contributed by atoms with Crippen molar-refractivity contribution in [2.45, 2.75) is 0 Å². The van der Waals surface area contributed by atoms with Gasteiger partial charge in [0.15, 0.2) is 0 Å². The highest BCUT2D eigenvalue weighted by Gasteiger charge is 2.03. The fourth-order valence-corrected chi connectivity index (χ4v) is 1.85. The van der Waals surface area contributed by atoms with Gasteiger partial charge in [-0.15, -0.1) is 0 Å². The van der Waals surface area contributed by atoms with E-state index in [1.54, 1.807) is 30.3 Å². The maximum Gasteiger partial charge on any atom is 0.269 e. The first-order valence-corrected chi connectivity index (χ1v) is 6.38. The molecule has 0 atom stereocenters. The molecule has 2 aromatic rings. The van der Waals surface area contributed by atoms with Crippen LogP contribution in [0, 0.1) is 10.1 Å². The summed E-state index contributed by atoms with van der Waals surface area (Å²) in [6.07, 6.45) is 1.46. The first-order chi connectivity index (χ1) is 9.58. The van der Waals surface area contributed by atoms with Crippen LogP contribution < -0.4 is 5.43 Å². The summed E-state index contributed by atoms with van der Waals surface area (Å²) in [6.45, 7) is 0. The van der Waals surface area contributed by atoms with Crippen molar-refractivity contribution in [3.05, 3.63) is 62.6 Å². The molecule has 0 fully saturated rings. The van der Waals surface area contributed by atoms with Gasteiger partial charge < -0.3 is 5.11 Å². The fraction of sp³-hybridized carbons (Fsp3) is 0. The molecule has 0 spiro atoms. The van der Waals surface area contributed by atoms with Gasteiger partial charge in [0.2, 0.25) is 0 Å². The zero-order valence-corrected chi connectivity index (χ0v) is 11.7. The number of nitrogens with zero attached hydrogens (tertiary/aromatic N) is 2. The molecule has 0 aliphatic carbocycles. The number of phenols is 1. The molecule has 0 aliphatic heterocycles. The number of hydrogen-bond donors (Lipinski definition) is 2. The third-order valence-electron chi connectivity index (χ3n) is 2.49. The molecular formula is C13H10BrN3O3. The van der Waals surface area contributed by atoms with Gasteiger partial charge in [0.05, 0.1) is 21.3 Å². The second-order valence-corrected chi connectivity index (χ2v) is 4.71. The van der Waals surface area contributed by atoms with E-state index in [-0.39, 0.29) is 11.4 Å². The zero-order chi connectivity index (χ0) is 14.5. The standard InChI is InChI=1S/C13H10BrN3O3/c14-12-3-1-2-9(13(12)18)8-15-16-10-4-6-11(7-5-10)17(19)20/h1-8,16,18H/b15-8+.